The summed E-state index contributed by atoms with van der Waals surface area (Å²) in [7, 11) is 1.82. The molecule has 0 bridgehead atoms. The number of hydrogen-bond acceptors (Lipinski definition) is 2. The lowest BCUT2D eigenvalue weighted by atomic mass is 10.0. The Morgan fingerprint density at radius 2 is 2.17 bits per heavy atom. The number of nitrogens with zero attached hydrogens (tertiary/aromatic N) is 2. The van der Waals surface area contributed by atoms with Crippen LogP contribution < -0.4 is 0 Å². The van der Waals surface area contributed by atoms with Crippen molar-refractivity contribution < 1.29 is 9.90 Å². The van der Waals surface area contributed by atoms with E-state index in [2.05, 4.69) is 30.1 Å². The van der Waals surface area contributed by atoms with Crippen LogP contribution in [0, 0.1) is 6.92 Å². The molecule has 1 N–H and O–H groups in total. The highest BCUT2D eigenvalue weighted by atomic mass is 16.4. The summed E-state index contributed by atoms with van der Waals surface area (Å²) >= 11 is 0. The van der Waals surface area contributed by atoms with E-state index in [-0.39, 0.29) is 5.69 Å². The number of carbonyl (C=O) groups is 1. The Kier molecular flexibility index (Phi) is 3.46. The number of rotatable bonds is 4. The van der Waals surface area contributed by atoms with Crippen LogP contribution in [0.3, 0.4) is 0 Å². The van der Waals surface area contributed by atoms with E-state index in [4.69, 9.17) is 5.11 Å². The van der Waals surface area contributed by atoms with Gasteiger partial charge in [0, 0.05) is 7.05 Å². The molecule has 2 aromatic rings. The summed E-state index contributed by atoms with van der Waals surface area (Å²) in [4.78, 5) is 14.9. The predicted octanol–water partition coefficient (Wildman–Crippen LogP) is 2.21. The number of aryl methyl sites for hydroxylation is 3. The second kappa shape index (κ2) is 5.04. The second-order valence-electron chi connectivity index (χ2n) is 4.44. The Balaban J connectivity index is 2.15. The van der Waals surface area contributed by atoms with Crippen molar-refractivity contribution in [1.29, 1.82) is 0 Å². The van der Waals surface area contributed by atoms with E-state index in [0.717, 1.165) is 12.1 Å². The maximum absolute atomic E-state index is 11.0. The average Bonchev–Trinajstić information content (AvgIpc) is 2.68. The molecule has 1 aromatic carbocycles. The van der Waals surface area contributed by atoms with Gasteiger partial charge in [-0.05, 0) is 25.3 Å². The Bertz CT molecular complexity index is 573. The Hall–Kier alpha value is -2.10. The molecule has 0 radical (unpaired) electrons. The van der Waals surface area contributed by atoms with Crippen molar-refractivity contribution in [2.75, 3.05) is 0 Å². The maximum atomic E-state index is 11.0. The van der Waals surface area contributed by atoms with Gasteiger partial charge in [0.05, 0.1) is 12.0 Å². The summed E-state index contributed by atoms with van der Waals surface area (Å²) < 4.78 is 1.78. The van der Waals surface area contributed by atoms with Gasteiger partial charge in [0.2, 0.25) is 0 Å². The van der Waals surface area contributed by atoms with E-state index in [1.807, 2.05) is 13.1 Å². The molecule has 0 unspecified atom stereocenters. The van der Waals surface area contributed by atoms with E-state index in [9.17, 15) is 4.79 Å². The fourth-order valence-electron chi connectivity index (χ4n) is 2.06. The summed E-state index contributed by atoms with van der Waals surface area (Å²) in [5, 5.41) is 9.04. The van der Waals surface area contributed by atoms with Crippen molar-refractivity contribution in [1.82, 2.24) is 9.55 Å². The molecule has 94 valence electrons. The van der Waals surface area contributed by atoms with Gasteiger partial charge in [-0.1, -0.05) is 29.8 Å². The first kappa shape index (κ1) is 12.4. The lowest BCUT2D eigenvalue weighted by Gasteiger charge is -2.05. The van der Waals surface area contributed by atoms with Crippen LogP contribution in [0.15, 0.2) is 30.6 Å². The van der Waals surface area contributed by atoms with E-state index >= 15 is 0 Å². The molecular weight excluding hydrogens is 228 g/mol. The van der Waals surface area contributed by atoms with Crippen molar-refractivity contribution in [2.45, 2.75) is 19.8 Å². The number of carboxylic acid groups (broad SMARTS) is 1. The van der Waals surface area contributed by atoms with E-state index < -0.39 is 5.97 Å². The maximum Gasteiger partial charge on any atom is 0.356 e. The van der Waals surface area contributed by atoms with Crippen LogP contribution in [-0.4, -0.2) is 20.6 Å². The predicted molar refractivity (Wildman–Crippen MR) is 68.8 cm³/mol. The molecule has 4 nitrogen and oxygen atoms in total. The number of aromatic nitrogens is 2. The lowest BCUT2D eigenvalue weighted by Crippen LogP contribution is -2.06. The molecule has 0 saturated heterocycles. The zero-order valence-electron chi connectivity index (χ0n) is 10.6. The third-order valence-electron chi connectivity index (χ3n) is 2.99. The third kappa shape index (κ3) is 2.59. The van der Waals surface area contributed by atoms with Crippen molar-refractivity contribution >= 4 is 5.97 Å². The molecule has 0 aliphatic carbocycles. The number of benzene rings is 1. The molecule has 4 heteroatoms. The van der Waals surface area contributed by atoms with E-state index in [1.165, 1.54) is 11.1 Å². The standard InChI is InChI=1S/C14H16N2O2/c1-10-4-3-5-11(8-10)6-7-12-13(14(17)18)15-9-16(12)2/h3-5,8-9H,6-7H2,1-2H3,(H,17,18). The van der Waals surface area contributed by atoms with Crippen LogP contribution in [0.5, 0.6) is 0 Å². The highest BCUT2D eigenvalue weighted by Gasteiger charge is 2.15. The van der Waals surface area contributed by atoms with Gasteiger partial charge in [-0.15, -0.1) is 0 Å². The van der Waals surface area contributed by atoms with E-state index in [0.29, 0.717) is 6.42 Å². The lowest BCUT2D eigenvalue weighted by molar-refractivity contribution is 0.0689. The quantitative estimate of drug-likeness (QED) is 0.897. The van der Waals surface area contributed by atoms with E-state index in [1.54, 1.807) is 10.9 Å². The van der Waals surface area contributed by atoms with Crippen LogP contribution >= 0.6 is 0 Å². The Labute approximate surface area is 106 Å². The van der Waals surface area contributed by atoms with Gasteiger partial charge in [-0.3, -0.25) is 0 Å². The minimum atomic E-state index is -0.963. The van der Waals surface area contributed by atoms with Crippen molar-refractivity contribution in [3.63, 3.8) is 0 Å². The molecule has 1 heterocycles. The van der Waals surface area contributed by atoms with Gasteiger partial charge >= 0.3 is 5.97 Å². The third-order valence-corrected chi connectivity index (χ3v) is 2.99. The van der Waals surface area contributed by atoms with Crippen LogP contribution in [-0.2, 0) is 19.9 Å². The molecule has 0 amide bonds. The fraction of sp³-hybridized carbons (Fsp3) is 0.286. The van der Waals surface area contributed by atoms with Gasteiger partial charge in [0.25, 0.3) is 0 Å². The summed E-state index contributed by atoms with van der Waals surface area (Å²) in [5.74, 6) is -0.963. The monoisotopic (exact) mass is 244 g/mol. The van der Waals surface area contributed by atoms with Gasteiger partial charge in [0.15, 0.2) is 5.69 Å². The first-order valence-electron chi connectivity index (χ1n) is 5.87. The van der Waals surface area contributed by atoms with Crippen LogP contribution in [0.25, 0.3) is 0 Å². The summed E-state index contributed by atoms with van der Waals surface area (Å²) in [6.45, 7) is 2.05. The molecular formula is C14H16N2O2. The molecule has 1 aromatic heterocycles. The van der Waals surface area contributed by atoms with Crippen molar-refractivity contribution in [3.05, 3.63) is 53.1 Å². The second-order valence-corrected chi connectivity index (χ2v) is 4.44. The molecule has 0 saturated carbocycles. The summed E-state index contributed by atoms with van der Waals surface area (Å²) in [5.41, 5.74) is 3.36. The number of imidazole rings is 1. The Morgan fingerprint density at radius 3 is 2.83 bits per heavy atom. The minimum absolute atomic E-state index is 0.158. The molecule has 0 aliphatic rings. The van der Waals surface area contributed by atoms with Gasteiger partial charge in [-0.2, -0.15) is 0 Å². The smallest absolute Gasteiger partial charge is 0.356 e. The SMILES string of the molecule is Cc1cccc(CCc2c(C(=O)O)ncn2C)c1. The van der Waals surface area contributed by atoms with Crippen LogP contribution in [0.1, 0.15) is 27.3 Å². The van der Waals surface area contributed by atoms with Crippen LogP contribution in [0.4, 0.5) is 0 Å². The molecule has 0 atom stereocenters. The summed E-state index contributed by atoms with van der Waals surface area (Å²) in [6, 6.07) is 8.25. The topological polar surface area (TPSA) is 55.1 Å². The Morgan fingerprint density at radius 1 is 1.39 bits per heavy atom. The summed E-state index contributed by atoms with van der Waals surface area (Å²) in [6.07, 6.45) is 3.05. The average molecular weight is 244 g/mol. The van der Waals surface area contributed by atoms with Gasteiger partial charge in [-0.25, -0.2) is 9.78 Å². The minimum Gasteiger partial charge on any atom is -0.476 e. The zero-order chi connectivity index (χ0) is 13.1. The molecule has 0 fully saturated rings. The first-order valence-corrected chi connectivity index (χ1v) is 5.87. The zero-order valence-corrected chi connectivity index (χ0v) is 10.6. The molecule has 0 aliphatic heterocycles. The van der Waals surface area contributed by atoms with Gasteiger partial charge < -0.3 is 9.67 Å². The highest BCUT2D eigenvalue weighted by Crippen LogP contribution is 2.12. The number of hydrogen-bond donors (Lipinski definition) is 1. The molecule has 0 spiro atoms. The van der Waals surface area contributed by atoms with Crippen LogP contribution in [0.2, 0.25) is 0 Å². The normalized spacial score (nSPS) is 10.6. The number of aromatic carboxylic acids is 1. The largest absolute Gasteiger partial charge is 0.476 e. The van der Waals surface area contributed by atoms with Crippen molar-refractivity contribution in [3.8, 4) is 0 Å². The van der Waals surface area contributed by atoms with Crippen molar-refractivity contribution in [2.24, 2.45) is 7.05 Å². The highest BCUT2D eigenvalue weighted by molar-refractivity contribution is 5.86. The molecule has 18 heavy (non-hydrogen) atoms. The van der Waals surface area contributed by atoms with Gasteiger partial charge in [0.1, 0.15) is 0 Å². The fourth-order valence-corrected chi connectivity index (χ4v) is 2.06. The molecule has 2 rings (SSSR count). The number of carboxylic acids is 1. The first-order chi connectivity index (χ1) is 8.58.